The number of nitrogens with zero attached hydrogens (tertiary/aromatic N) is 3. The zero-order valence-corrected chi connectivity index (χ0v) is 21.9. The van der Waals surface area contributed by atoms with E-state index in [2.05, 4.69) is 4.99 Å². The molecule has 0 N–H and O–H groups in total. The Morgan fingerprint density at radius 2 is 1.54 bits per heavy atom. The number of benzene rings is 2. The summed E-state index contributed by atoms with van der Waals surface area (Å²) in [7, 11) is 4.16. The molecule has 0 spiro atoms. The lowest BCUT2D eigenvalue weighted by atomic mass is 10.2. The molecule has 12 heteroatoms. The van der Waals surface area contributed by atoms with Gasteiger partial charge in [0.2, 0.25) is 10.0 Å². The van der Waals surface area contributed by atoms with Crippen LogP contribution in [0.1, 0.15) is 10.4 Å². The van der Waals surface area contributed by atoms with Gasteiger partial charge in [0.1, 0.15) is 0 Å². The Morgan fingerprint density at radius 1 is 0.971 bits per heavy atom. The first-order valence-electron chi connectivity index (χ1n) is 10.7. The molecule has 0 unspecified atom stereocenters. The minimum absolute atomic E-state index is 0.0767. The Labute approximate surface area is 208 Å². The van der Waals surface area contributed by atoms with Gasteiger partial charge in [-0.3, -0.25) is 4.79 Å². The van der Waals surface area contributed by atoms with Crippen molar-refractivity contribution in [1.29, 1.82) is 0 Å². The molecule has 1 aromatic heterocycles. The fraction of sp³-hybridized carbons (Fsp3) is 0.391. The predicted octanol–water partition coefficient (Wildman–Crippen LogP) is 2.28. The second-order valence-electron chi connectivity index (χ2n) is 7.45. The summed E-state index contributed by atoms with van der Waals surface area (Å²) in [5.74, 6) is 0.681. The molecule has 0 saturated heterocycles. The van der Waals surface area contributed by atoms with Crippen LogP contribution in [0, 0.1) is 0 Å². The molecule has 35 heavy (non-hydrogen) atoms. The van der Waals surface area contributed by atoms with Gasteiger partial charge in [0.15, 0.2) is 16.3 Å². The largest absolute Gasteiger partial charge is 0.493 e. The summed E-state index contributed by atoms with van der Waals surface area (Å²) in [4.78, 5) is 17.7. The Balaban J connectivity index is 1.90. The van der Waals surface area contributed by atoms with E-state index in [1.165, 1.54) is 54.1 Å². The molecule has 2 aromatic carbocycles. The maximum Gasteiger partial charge on any atom is 0.279 e. The molecule has 190 valence electrons. The Bertz CT molecular complexity index is 1340. The smallest absolute Gasteiger partial charge is 0.279 e. The number of hydrogen-bond acceptors (Lipinski definition) is 8. The number of aromatic nitrogens is 1. The van der Waals surface area contributed by atoms with Crippen LogP contribution >= 0.6 is 11.3 Å². The summed E-state index contributed by atoms with van der Waals surface area (Å²) >= 11 is 1.34. The highest BCUT2D eigenvalue weighted by atomic mass is 32.2. The van der Waals surface area contributed by atoms with Crippen molar-refractivity contribution < 1.29 is 32.2 Å². The molecule has 3 rings (SSSR count). The van der Waals surface area contributed by atoms with Crippen molar-refractivity contribution in [3.05, 3.63) is 46.8 Å². The van der Waals surface area contributed by atoms with E-state index in [1.54, 1.807) is 25.8 Å². The van der Waals surface area contributed by atoms with Gasteiger partial charge in [-0.2, -0.15) is 9.30 Å². The lowest BCUT2D eigenvalue weighted by Gasteiger charge is -2.21. The highest BCUT2D eigenvalue weighted by molar-refractivity contribution is 7.89. The number of sulfonamides is 1. The summed E-state index contributed by atoms with van der Waals surface area (Å²) < 4.78 is 50.8. The monoisotopic (exact) mass is 523 g/mol. The second kappa shape index (κ2) is 11.8. The van der Waals surface area contributed by atoms with Crippen molar-refractivity contribution >= 4 is 37.5 Å². The van der Waals surface area contributed by atoms with Crippen LogP contribution in [0.25, 0.3) is 10.2 Å². The Morgan fingerprint density at radius 3 is 2.09 bits per heavy atom. The van der Waals surface area contributed by atoms with Gasteiger partial charge in [-0.1, -0.05) is 11.3 Å². The number of fused-ring (bicyclic) bond motifs is 1. The number of thiazole rings is 1. The molecule has 0 aliphatic heterocycles. The third-order valence-corrected chi connectivity index (χ3v) is 8.35. The lowest BCUT2D eigenvalue weighted by Crippen LogP contribution is -2.36. The Hall–Kier alpha value is -2.77. The molecule has 3 aromatic rings. The van der Waals surface area contributed by atoms with Crippen LogP contribution in [0.3, 0.4) is 0 Å². The van der Waals surface area contributed by atoms with Crippen LogP contribution in [-0.4, -0.2) is 77.9 Å². The van der Waals surface area contributed by atoms with Crippen LogP contribution in [0.2, 0.25) is 0 Å². The number of aryl methyl sites for hydroxylation is 1. The van der Waals surface area contributed by atoms with Crippen molar-refractivity contribution in [1.82, 2.24) is 8.87 Å². The first-order valence-corrected chi connectivity index (χ1v) is 12.9. The number of rotatable bonds is 11. The van der Waals surface area contributed by atoms with Crippen LogP contribution in [0.5, 0.6) is 11.5 Å². The molecule has 0 radical (unpaired) electrons. The molecule has 1 amide bonds. The quantitative estimate of drug-likeness (QED) is 0.379. The van der Waals surface area contributed by atoms with Gasteiger partial charge in [0, 0.05) is 52.1 Å². The van der Waals surface area contributed by atoms with Gasteiger partial charge < -0.3 is 23.5 Å². The van der Waals surface area contributed by atoms with E-state index in [0.717, 1.165) is 10.2 Å². The second-order valence-corrected chi connectivity index (χ2v) is 10.4. The number of hydrogen-bond donors (Lipinski definition) is 0. The van der Waals surface area contributed by atoms with Crippen molar-refractivity contribution in [3.8, 4) is 11.5 Å². The number of methoxy groups -OCH3 is 4. The van der Waals surface area contributed by atoms with E-state index < -0.39 is 15.9 Å². The third-order valence-electron chi connectivity index (χ3n) is 5.34. The maximum absolute atomic E-state index is 13.0. The fourth-order valence-corrected chi connectivity index (χ4v) is 5.80. The highest BCUT2D eigenvalue weighted by Gasteiger charge is 2.24. The fourth-order valence-electron chi connectivity index (χ4n) is 3.37. The molecule has 0 aliphatic carbocycles. The predicted molar refractivity (Wildman–Crippen MR) is 133 cm³/mol. The van der Waals surface area contributed by atoms with E-state index in [9.17, 15) is 13.2 Å². The van der Waals surface area contributed by atoms with E-state index in [-0.39, 0.29) is 36.8 Å². The van der Waals surface area contributed by atoms with Crippen LogP contribution in [0.4, 0.5) is 0 Å². The van der Waals surface area contributed by atoms with Gasteiger partial charge in [-0.25, -0.2) is 8.42 Å². The van der Waals surface area contributed by atoms with E-state index in [4.69, 9.17) is 18.9 Å². The summed E-state index contributed by atoms with van der Waals surface area (Å²) in [6.45, 7) is 0.886. The summed E-state index contributed by atoms with van der Waals surface area (Å²) in [5, 5.41) is 0. The van der Waals surface area contributed by atoms with Crippen molar-refractivity contribution in [3.63, 3.8) is 0 Å². The standard InChI is InChI=1S/C23H29N3O7S2/c1-25-18-14-19(32-4)20(33-5)15-21(18)34-23(25)24-22(27)16-6-8-17(9-7-16)35(28,29)26(10-12-30-2)11-13-31-3/h6-9,14-15H,10-13H2,1-5H3. The third kappa shape index (κ3) is 5.90. The van der Waals surface area contributed by atoms with Crippen LogP contribution < -0.4 is 14.3 Å². The first kappa shape index (κ1) is 26.8. The average Bonchev–Trinajstić information content (AvgIpc) is 3.16. The van der Waals surface area contributed by atoms with Crippen molar-refractivity contribution in [2.45, 2.75) is 4.90 Å². The first-order chi connectivity index (χ1) is 16.8. The minimum Gasteiger partial charge on any atom is -0.493 e. The molecule has 1 heterocycles. The number of ether oxygens (including phenoxy) is 4. The van der Waals surface area contributed by atoms with E-state index >= 15 is 0 Å². The molecular formula is C23H29N3O7S2. The lowest BCUT2D eigenvalue weighted by molar-refractivity contribution is 0.0998. The SMILES string of the molecule is COCCN(CCOC)S(=O)(=O)c1ccc(C(=O)N=c2sc3cc(OC)c(OC)cc3n2C)cc1. The van der Waals surface area contributed by atoms with Crippen LogP contribution in [-0.2, 0) is 26.5 Å². The normalized spacial score (nSPS) is 12.5. The molecule has 0 fully saturated rings. The molecule has 0 atom stereocenters. The van der Waals surface area contributed by atoms with Crippen LogP contribution in [0.15, 0.2) is 46.3 Å². The van der Waals surface area contributed by atoms with E-state index in [0.29, 0.717) is 16.3 Å². The Kier molecular flexibility index (Phi) is 9.03. The average molecular weight is 524 g/mol. The molecular weight excluding hydrogens is 494 g/mol. The minimum atomic E-state index is -3.78. The number of carbonyl (C=O) groups excluding carboxylic acids is 1. The number of carbonyl (C=O) groups is 1. The zero-order valence-electron chi connectivity index (χ0n) is 20.3. The molecule has 0 bridgehead atoms. The van der Waals surface area contributed by atoms with Gasteiger partial charge in [0.05, 0.1) is 42.5 Å². The van der Waals surface area contributed by atoms with Crippen molar-refractivity contribution in [2.75, 3.05) is 54.7 Å². The van der Waals surface area contributed by atoms with Gasteiger partial charge in [-0.05, 0) is 24.3 Å². The zero-order chi connectivity index (χ0) is 25.6. The summed E-state index contributed by atoms with van der Waals surface area (Å²) in [6.07, 6.45) is 0. The number of amides is 1. The van der Waals surface area contributed by atoms with Gasteiger partial charge in [-0.15, -0.1) is 0 Å². The molecule has 0 aliphatic rings. The molecule has 0 saturated carbocycles. The maximum atomic E-state index is 13.0. The summed E-state index contributed by atoms with van der Waals surface area (Å²) in [5.41, 5.74) is 1.12. The summed E-state index contributed by atoms with van der Waals surface area (Å²) in [6, 6.07) is 9.40. The highest BCUT2D eigenvalue weighted by Crippen LogP contribution is 2.33. The topological polar surface area (TPSA) is 109 Å². The van der Waals surface area contributed by atoms with E-state index in [1.807, 2.05) is 12.1 Å². The molecule has 10 nitrogen and oxygen atoms in total. The van der Waals surface area contributed by atoms with Gasteiger partial charge in [0.25, 0.3) is 5.91 Å². The van der Waals surface area contributed by atoms with Crippen molar-refractivity contribution in [2.24, 2.45) is 12.0 Å². The van der Waals surface area contributed by atoms with Gasteiger partial charge >= 0.3 is 0 Å².